The Kier molecular flexibility index (Phi) is 5.58. The Morgan fingerprint density at radius 3 is 2.78 bits per heavy atom. The smallest absolute Gasteiger partial charge is 0.152 e. The summed E-state index contributed by atoms with van der Waals surface area (Å²) in [7, 11) is -3.19. The molecule has 1 atom stereocenters. The molecule has 1 unspecified atom stereocenters. The van der Waals surface area contributed by atoms with Crippen molar-refractivity contribution in [2.45, 2.75) is 19.6 Å². The van der Waals surface area contributed by atoms with E-state index in [0.29, 0.717) is 12.3 Å². The zero-order valence-corrected chi connectivity index (χ0v) is 11.2. The number of ether oxygens (including phenoxy) is 1. The molecule has 0 aliphatic carbocycles. The Labute approximate surface area is 107 Å². The highest BCUT2D eigenvalue weighted by atomic mass is 32.2. The highest BCUT2D eigenvalue weighted by Gasteiger charge is 2.15. The van der Waals surface area contributed by atoms with Crippen molar-refractivity contribution in [1.82, 2.24) is 0 Å². The van der Waals surface area contributed by atoms with Gasteiger partial charge in [-0.15, -0.1) is 0 Å². The summed E-state index contributed by atoms with van der Waals surface area (Å²) in [6.45, 7) is 1.91. The van der Waals surface area contributed by atoms with Crippen LogP contribution >= 0.6 is 0 Å². The van der Waals surface area contributed by atoms with Crippen LogP contribution in [0.1, 0.15) is 12.5 Å². The molecule has 0 aliphatic heterocycles. The van der Waals surface area contributed by atoms with E-state index in [1.165, 1.54) is 0 Å². The Hall–Kier alpha value is -1.11. The molecule has 0 saturated carbocycles. The molecule has 0 spiro atoms. The molecule has 1 aromatic rings. The third-order valence-corrected chi connectivity index (χ3v) is 4.23. The monoisotopic (exact) mass is 273 g/mol. The fourth-order valence-corrected chi connectivity index (χ4v) is 2.33. The van der Waals surface area contributed by atoms with E-state index in [2.05, 4.69) is 0 Å². The molecular formula is C12H19NO4S. The van der Waals surface area contributed by atoms with E-state index in [0.717, 1.165) is 5.56 Å². The Bertz CT molecular complexity index is 473. The minimum atomic E-state index is -3.19. The van der Waals surface area contributed by atoms with E-state index in [-0.39, 0.29) is 18.1 Å². The van der Waals surface area contributed by atoms with Crippen molar-refractivity contribution in [2.75, 3.05) is 18.1 Å². The van der Waals surface area contributed by atoms with Crippen LogP contribution in [0.25, 0.3) is 0 Å². The van der Waals surface area contributed by atoms with Crippen LogP contribution in [0, 0.1) is 0 Å². The topological polar surface area (TPSA) is 89.6 Å². The number of hydrogen-bond donors (Lipinski definition) is 2. The summed E-state index contributed by atoms with van der Waals surface area (Å²) in [6.07, 6.45) is -1.02. The van der Waals surface area contributed by atoms with Gasteiger partial charge in [0.15, 0.2) is 9.84 Å². The van der Waals surface area contributed by atoms with Crippen LogP contribution in [0.3, 0.4) is 0 Å². The van der Waals surface area contributed by atoms with Gasteiger partial charge in [-0.3, -0.25) is 0 Å². The fraction of sp³-hybridized carbons (Fsp3) is 0.500. The van der Waals surface area contributed by atoms with Crippen LogP contribution in [0.5, 0.6) is 5.75 Å². The highest BCUT2D eigenvalue weighted by Crippen LogP contribution is 2.13. The number of benzene rings is 1. The largest absolute Gasteiger partial charge is 0.491 e. The molecule has 0 bridgehead atoms. The molecule has 0 aromatic heterocycles. The summed E-state index contributed by atoms with van der Waals surface area (Å²) >= 11 is 0. The lowest BCUT2D eigenvalue weighted by molar-refractivity contribution is 0.125. The second kappa shape index (κ2) is 6.72. The summed E-state index contributed by atoms with van der Waals surface area (Å²) in [5, 5.41) is 9.57. The average Bonchev–Trinajstić information content (AvgIpc) is 2.36. The number of sulfone groups is 1. The number of hydrogen-bond acceptors (Lipinski definition) is 5. The third kappa shape index (κ3) is 5.03. The zero-order chi connectivity index (χ0) is 13.6. The Balaban J connectivity index is 2.49. The van der Waals surface area contributed by atoms with Gasteiger partial charge < -0.3 is 15.6 Å². The summed E-state index contributed by atoms with van der Waals surface area (Å²) < 4.78 is 27.9. The molecule has 1 rings (SSSR count). The fourth-order valence-electron chi connectivity index (χ4n) is 1.41. The van der Waals surface area contributed by atoms with Gasteiger partial charge in [-0.25, -0.2) is 8.42 Å². The third-order valence-electron chi connectivity index (χ3n) is 2.46. The predicted molar refractivity (Wildman–Crippen MR) is 70.2 cm³/mol. The number of nitrogens with two attached hydrogens (primary N) is 1. The summed E-state index contributed by atoms with van der Waals surface area (Å²) in [5.74, 6) is 0.318. The van der Waals surface area contributed by atoms with Gasteiger partial charge in [-0.2, -0.15) is 0 Å². The lowest BCUT2D eigenvalue weighted by Gasteiger charge is -2.12. The molecule has 0 fully saturated rings. The summed E-state index contributed by atoms with van der Waals surface area (Å²) in [5.41, 5.74) is 6.41. The maximum Gasteiger partial charge on any atom is 0.152 e. The van der Waals surface area contributed by atoms with Gasteiger partial charge in [0, 0.05) is 12.3 Å². The summed E-state index contributed by atoms with van der Waals surface area (Å²) in [6, 6.07) is 7.17. The maximum atomic E-state index is 11.3. The van der Waals surface area contributed by atoms with E-state index in [9.17, 15) is 13.5 Å². The lowest BCUT2D eigenvalue weighted by Crippen LogP contribution is -2.27. The van der Waals surface area contributed by atoms with Gasteiger partial charge in [0.05, 0.1) is 5.75 Å². The van der Waals surface area contributed by atoms with Crippen LogP contribution in [0.2, 0.25) is 0 Å². The number of rotatable bonds is 7. The summed E-state index contributed by atoms with van der Waals surface area (Å²) in [4.78, 5) is 0. The SMILES string of the molecule is CCS(=O)(=O)CC(O)COc1cccc(CN)c1. The zero-order valence-electron chi connectivity index (χ0n) is 10.4. The standard InChI is InChI=1S/C12H19NO4S/c1-2-18(15,16)9-11(14)8-17-12-5-3-4-10(6-12)7-13/h3-6,11,14H,2,7-9,13H2,1H3. The Morgan fingerprint density at radius 2 is 2.17 bits per heavy atom. The molecule has 3 N–H and O–H groups in total. The lowest BCUT2D eigenvalue weighted by atomic mass is 10.2. The molecule has 102 valence electrons. The van der Waals surface area contributed by atoms with Gasteiger partial charge in [0.1, 0.15) is 18.5 Å². The van der Waals surface area contributed by atoms with Crippen molar-refractivity contribution >= 4 is 9.84 Å². The van der Waals surface area contributed by atoms with E-state index in [1.54, 1.807) is 25.1 Å². The first-order valence-corrected chi connectivity index (χ1v) is 7.59. The van der Waals surface area contributed by atoms with Crippen molar-refractivity contribution in [3.63, 3.8) is 0 Å². The minimum absolute atomic E-state index is 0.0206. The van der Waals surface area contributed by atoms with Crippen molar-refractivity contribution in [3.8, 4) is 5.75 Å². The van der Waals surface area contributed by atoms with Crippen LogP contribution in [0.4, 0.5) is 0 Å². The predicted octanol–water partition coefficient (Wildman–Crippen LogP) is 0.320. The number of aliphatic hydroxyl groups excluding tert-OH is 1. The number of aliphatic hydroxyl groups is 1. The first kappa shape index (κ1) is 14.9. The van der Waals surface area contributed by atoms with Crippen LogP contribution in [0.15, 0.2) is 24.3 Å². The van der Waals surface area contributed by atoms with Crippen LogP contribution in [-0.2, 0) is 16.4 Å². The maximum absolute atomic E-state index is 11.3. The molecule has 5 nitrogen and oxygen atoms in total. The minimum Gasteiger partial charge on any atom is -0.491 e. The highest BCUT2D eigenvalue weighted by molar-refractivity contribution is 7.91. The quantitative estimate of drug-likeness (QED) is 0.746. The molecule has 1 aromatic carbocycles. The molecule has 0 heterocycles. The van der Waals surface area contributed by atoms with Crippen LogP contribution in [-0.4, -0.2) is 37.7 Å². The average molecular weight is 273 g/mol. The van der Waals surface area contributed by atoms with E-state index in [1.807, 2.05) is 6.07 Å². The molecule has 0 aliphatic rings. The van der Waals surface area contributed by atoms with E-state index >= 15 is 0 Å². The normalized spacial score (nSPS) is 13.3. The van der Waals surface area contributed by atoms with Crippen LogP contribution < -0.4 is 10.5 Å². The van der Waals surface area contributed by atoms with Crippen molar-refractivity contribution in [2.24, 2.45) is 5.73 Å². The molecule has 0 saturated heterocycles. The van der Waals surface area contributed by atoms with E-state index < -0.39 is 15.9 Å². The van der Waals surface area contributed by atoms with Gasteiger partial charge in [0.2, 0.25) is 0 Å². The molecule has 0 radical (unpaired) electrons. The van der Waals surface area contributed by atoms with Crippen molar-refractivity contribution in [1.29, 1.82) is 0 Å². The first-order valence-electron chi connectivity index (χ1n) is 5.77. The second-order valence-electron chi connectivity index (χ2n) is 4.02. The van der Waals surface area contributed by atoms with Gasteiger partial charge in [-0.1, -0.05) is 19.1 Å². The second-order valence-corrected chi connectivity index (χ2v) is 6.41. The van der Waals surface area contributed by atoms with Gasteiger partial charge in [0.25, 0.3) is 0 Å². The molecular weight excluding hydrogens is 254 g/mol. The van der Waals surface area contributed by atoms with Crippen molar-refractivity contribution < 1.29 is 18.3 Å². The molecule has 0 amide bonds. The van der Waals surface area contributed by atoms with Gasteiger partial charge >= 0.3 is 0 Å². The first-order chi connectivity index (χ1) is 8.46. The van der Waals surface area contributed by atoms with Gasteiger partial charge in [-0.05, 0) is 17.7 Å². The Morgan fingerprint density at radius 1 is 1.44 bits per heavy atom. The van der Waals surface area contributed by atoms with Crippen molar-refractivity contribution in [3.05, 3.63) is 29.8 Å². The van der Waals surface area contributed by atoms with E-state index in [4.69, 9.17) is 10.5 Å². The molecule has 18 heavy (non-hydrogen) atoms. The molecule has 6 heteroatoms.